The van der Waals surface area contributed by atoms with Crippen LogP contribution in [-0.2, 0) is 14.3 Å². The maximum Gasteiger partial charge on any atom is 0.321 e. The molecule has 0 spiro atoms. The second-order valence-electron chi connectivity index (χ2n) is 8.30. The standard InChI is InChI=1S/C25H31N3O4/c1-17-9-10-21(15-18(17)2)19(3)26-23(29)16-32-24(30)20-11-13-28(14-12-20)25(31)27-22-7-5-4-6-8-22/h4-10,15,19-20H,11-14,16H2,1-3H3,(H,26,29)(H,27,31). The highest BCUT2D eigenvalue weighted by atomic mass is 16.5. The highest BCUT2D eigenvalue weighted by molar-refractivity contribution is 5.89. The zero-order chi connectivity index (χ0) is 23.1. The Hall–Kier alpha value is -3.35. The molecule has 3 amide bonds. The Bertz CT molecular complexity index is 953. The third kappa shape index (κ3) is 6.33. The van der Waals surface area contributed by atoms with Crippen LogP contribution in [0.4, 0.5) is 10.5 Å². The maximum absolute atomic E-state index is 12.4. The monoisotopic (exact) mass is 437 g/mol. The minimum absolute atomic E-state index is 0.174. The Morgan fingerprint density at radius 2 is 1.72 bits per heavy atom. The number of urea groups is 1. The van der Waals surface area contributed by atoms with Crippen LogP contribution in [0.3, 0.4) is 0 Å². The SMILES string of the molecule is Cc1ccc(C(C)NC(=O)COC(=O)C2CCN(C(=O)Nc3ccccc3)CC2)cc1C. The molecule has 1 atom stereocenters. The van der Waals surface area contributed by atoms with Crippen molar-refractivity contribution in [3.8, 4) is 0 Å². The molecule has 2 N–H and O–H groups in total. The molecule has 7 heteroatoms. The Morgan fingerprint density at radius 1 is 1.03 bits per heavy atom. The fourth-order valence-corrected chi connectivity index (χ4v) is 3.70. The molecule has 1 unspecified atom stereocenters. The number of aryl methyl sites for hydroxylation is 2. The first kappa shape index (κ1) is 23.3. The number of ether oxygens (including phenoxy) is 1. The van der Waals surface area contributed by atoms with Crippen LogP contribution in [0.15, 0.2) is 48.5 Å². The summed E-state index contributed by atoms with van der Waals surface area (Å²) in [4.78, 5) is 38.7. The molecule has 0 saturated carbocycles. The number of esters is 1. The molecule has 1 saturated heterocycles. The smallest absolute Gasteiger partial charge is 0.321 e. The van der Waals surface area contributed by atoms with E-state index in [4.69, 9.17) is 4.74 Å². The third-order valence-corrected chi connectivity index (χ3v) is 5.89. The van der Waals surface area contributed by atoms with E-state index in [2.05, 4.69) is 10.6 Å². The lowest BCUT2D eigenvalue weighted by Crippen LogP contribution is -2.43. The summed E-state index contributed by atoms with van der Waals surface area (Å²) in [5.41, 5.74) is 4.11. The van der Waals surface area contributed by atoms with Crippen molar-refractivity contribution in [3.05, 3.63) is 65.2 Å². The number of amides is 3. The van der Waals surface area contributed by atoms with Gasteiger partial charge in [-0.05, 0) is 62.4 Å². The predicted molar refractivity (Wildman–Crippen MR) is 123 cm³/mol. The van der Waals surface area contributed by atoms with Crippen LogP contribution in [0, 0.1) is 19.8 Å². The topological polar surface area (TPSA) is 87.7 Å². The maximum atomic E-state index is 12.4. The van der Waals surface area contributed by atoms with Crippen molar-refractivity contribution < 1.29 is 19.1 Å². The van der Waals surface area contributed by atoms with Gasteiger partial charge in [-0.2, -0.15) is 0 Å². The van der Waals surface area contributed by atoms with Gasteiger partial charge in [-0.25, -0.2) is 4.79 Å². The van der Waals surface area contributed by atoms with Crippen molar-refractivity contribution in [1.29, 1.82) is 0 Å². The molecule has 1 fully saturated rings. The van der Waals surface area contributed by atoms with Crippen LogP contribution in [0.1, 0.15) is 42.5 Å². The fraction of sp³-hybridized carbons (Fsp3) is 0.400. The molecule has 170 valence electrons. The summed E-state index contributed by atoms with van der Waals surface area (Å²) in [5.74, 6) is -1.02. The van der Waals surface area contributed by atoms with E-state index in [1.807, 2.05) is 69.3 Å². The van der Waals surface area contributed by atoms with E-state index < -0.39 is 0 Å². The minimum atomic E-state index is -0.387. The third-order valence-electron chi connectivity index (χ3n) is 5.89. The number of hydrogen-bond donors (Lipinski definition) is 2. The molecule has 3 rings (SSSR count). The molecule has 2 aromatic carbocycles. The number of anilines is 1. The predicted octanol–water partition coefficient (Wildman–Crippen LogP) is 3.97. The van der Waals surface area contributed by atoms with Crippen molar-refractivity contribution in [2.24, 2.45) is 5.92 Å². The molecule has 7 nitrogen and oxygen atoms in total. The van der Waals surface area contributed by atoms with Gasteiger partial charge in [0, 0.05) is 18.8 Å². The molecule has 32 heavy (non-hydrogen) atoms. The van der Waals surface area contributed by atoms with Crippen LogP contribution >= 0.6 is 0 Å². The van der Waals surface area contributed by atoms with Gasteiger partial charge in [-0.15, -0.1) is 0 Å². The van der Waals surface area contributed by atoms with E-state index in [9.17, 15) is 14.4 Å². The largest absolute Gasteiger partial charge is 0.455 e. The van der Waals surface area contributed by atoms with Gasteiger partial charge in [0.1, 0.15) is 0 Å². The first-order valence-electron chi connectivity index (χ1n) is 11.0. The molecule has 0 aliphatic carbocycles. The number of carbonyl (C=O) groups is 3. The van der Waals surface area contributed by atoms with Crippen LogP contribution in [0.25, 0.3) is 0 Å². The Balaban J connectivity index is 1.39. The van der Waals surface area contributed by atoms with Crippen LogP contribution in [0.5, 0.6) is 0 Å². The second kappa shape index (κ2) is 10.8. The molecular weight excluding hydrogens is 406 g/mol. The highest BCUT2D eigenvalue weighted by Crippen LogP contribution is 2.20. The van der Waals surface area contributed by atoms with Gasteiger partial charge in [-0.3, -0.25) is 9.59 Å². The van der Waals surface area contributed by atoms with E-state index in [1.165, 1.54) is 11.1 Å². The van der Waals surface area contributed by atoms with Gasteiger partial charge in [-0.1, -0.05) is 36.4 Å². The lowest BCUT2D eigenvalue weighted by Gasteiger charge is -2.30. The number of para-hydroxylation sites is 1. The van der Waals surface area contributed by atoms with Crippen molar-refractivity contribution >= 4 is 23.6 Å². The number of nitrogens with zero attached hydrogens (tertiary/aromatic N) is 1. The highest BCUT2D eigenvalue weighted by Gasteiger charge is 2.29. The van der Waals surface area contributed by atoms with Crippen LogP contribution in [-0.4, -0.2) is 42.5 Å². The summed E-state index contributed by atoms with van der Waals surface area (Å²) in [7, 11) is 0. The average molecular weight is 438 g/mol. The van der Waals surface area contributed by atoms with Crippen molar-refractivity contribution in [2.75, 3.05) is 25.0 Å². The zero-order valence-electron chi connectivity index (χ0n) is 18.9. The molecule has 1 heterocycles. The van der Waals surface area contributed by atoms with Crippen LogP contribution < -0.4 is 10.6 Å². The molecule has 2 aromatic rings. The van der Waals surface area contributed by atoms with E-state index in [0.717, 1.165) is 11.3 Å². The summed E-state index contributed by atoms with van der Waals surface area (Å²) in [6.45, 7) is 6.61. The van der Waals surface area contributed by atoms with Gasteiger partial charge in [0.15, 0.2) is 6.61 Å². The van der Waals surface area contributed by atoms with Crippen molar-refractivity contribution in [2.45, 2.75) is 39.7 Å². The summed E-state index contributed by atoms with van der Waals surface area (Å²) in [6, 6.07) is 15.0. The summed E-state index contributed by atoms with van der Waals surface area (Å²) < 4.78 is 5.24. The first-order valence-corrected chi connectivity index (χ1v) is 11.0. The number of piperidine rings is 1. The summed E-state index contributed by atoms with van der Waals surface area (Å²) >= 11 is 0. The number of nitrogens with one attached hydrogen (secondary N) is 2. The van der Waals surface area contributed by atoms with Gasteiger partial charge in [0.25, 0.3) is 5.91 Å². The zero-order valence-corrected chi connectivity index (χ0v) is 18.9. The Morgan fingerprint density at radius 3 is 2.38 bits per heavy atom. The van der Waals surface area contributed by atoms with E-state index in [0.29, 0.717) is 25.9 Å². The Kier molecular flexibility index (Phi) is 7.87. The number of rotatable bonds is 6. The molecule has 0 aromatic heterocycles. The second-order valence-corrected chi connectivity index (χ2v) is 8.30. The van der Waals surface area contributed by atoms with E-state index in [1.54, 1.807) is 4.90 Å². The molecular formula is C25H31N3O4. The number of carbonyl (C=O) groups excluding carboxylic acids is 3. The first-order chi connectivity index (χ1) is 15.3. The molecule has 1 aliphatic rings. The van der Waals surface area contributed by atoms with E-state index in [-0.39, 0.29) is 36.5 Å². The van der Waals surface area contributed by atoms with Gasteiger partial charge in [0.05, 0.1) is 12.0 Å². The number of benzene rings is 2. The molecule has 0 radical (unpaired) electrons. The summed E-state index contributed by atoms with van der Waals surface area (Å²) in [5, 5.41) is 5.72. The summed E-state index contributed by atoms with van der Waals surface area (Å²) in [6.07, 6.45) is 1.03. The van der Waals surface area contributed by atoms with Gasteiger partial charge < -0.3 is 20.3 Å². The quantitative estimate of drug-likeness (QED) is 0.670. The van der Waals surface area contributed by atoms with Crippen LogP contribution in [0.2, 0.25) is 0 Å². The van der Waals surface area contributed by atoms with E-state index >= 15 is 0 Å². The van der Waals surface area contributed by atoms with Gasteiger partial charge in [0.2, 0.25) is 0 Å². The lowest BCUT2D eigenvalue weighted by molar-refractivity contribution is -0.154. The fourth-order valence-electron chi connectivity index (χ4n) is 3.70. The van der Waals surface area contributed by atoms with Crippen molar-refractivity contribution in [1.82, 2.24) is 10.2 Å². The number of likely N-dealkylation sites (tertiary alicyclic amines) is 1. The lowest BCUT2D eigenvalue weighted by atomic mass is 9.97. The van der Waals surface area contributed by atoms with Crippen molar-refractivity contribution in [3.63, 3.8) is 0 Å². The minimum Gasteiger partial charge on any atom is -0.455 e. The molecule has 1 aliphatic heterocycles. The Labute approximate surface area is 189 Å². The normalized spacial score (nSPS) is 15.0. The average Bonchev–Trinajstić information content (AvgIpc) is 2.80. The van der Waals surface area contributed by atoms with Gasteiger partial charge >= 0.3 is 12.0 Å². The molecule has 0 bridgehead atoms. The number of hydrogen-bond acceptors (Lipinski definition) is 4.